The Hall–Kier alpha value is -1.30. The number of amides is 2. The summed E-state index contributed by atoms with van der Waals surface area (Å²) in [6, 6.07) is -0.0778. The van der Waals surface area contributed by atoms with Gasteiger partial charge in [-0.05, 0) is 0 Å². The Morgan fingerprint density at radius 2 is 2.36 bits per heavy atom. The molecule has 1 heterocycles. The fourth-order valence-electron chi connectivity index (χ4n) is 0.808. The van der Waals surface area contributed by atoms with Crippen molar-refractivity contribution in [2.45, 2.75) is 0 Å². The molecule has 0 aliphatic carbocycles. The van der Waals surface area contributed by atoms with Gasteiger partial charge in [-0.1, -0.05) is 0 Å². The van der Waals surface area contributed by atoms with E-state index in [1.54, 1.807) is 31.6 Å². The quantitative estimate of drug-likeness (QED) is 0.730. The fraction of sp³-hybridized carbons (Fsp3) is 0.500. The SMILES string of the molecule is CN(C)C(=O)NCCNc1nccs1. The van der Waals surface area contributed by atoms with Gasteiger partial charge in [0.2, 0.25) is 0 Å². The van der Waals surface area contributed by atoms with Crippen molar-refractivity contribution in [2.24, 2.45) is 0 Å². The van der Waals surface area contributed by atoms with Crippen LogP contribution in [0.3, 0.4) is 0 Å². The molecule has 5 nitrogen and oxygen atoms in total. The molecule has 0 aromatic carbocycles. The van der Waals surface area contributed by atoms with Gasteiger partial charge in [0.1, 0.15) is 0 Å². The zero-order chi connectivity index (χ0) is 10.4. The summed E-state index contributed by atoms with van der Waals surface area (Å²) in [6.45, 7) is 1.28. The number of aromatic nitrogens is 1. The molecule has 0 fully saturated rings. The van der Waals surface area contributed by atoms with Crippen LogP contribution in [-0.4, -0.2) is 43.1 Å². The highest BCUT2D eigenvalue weighted by Gasteiger charge is 2.00. The first kappa shape index (κ1) is 10.8. The van der Waals surface area contributed by atoms with Gasteiger partial charge in [0.25, 0.3) is 0 Å². The van der Waals surface area contributed by atoms with Crippen molar-refractivity contribution in [1.82, 2.24) is 15.2 Å². The lowest BCUT2D eigenvalue weighted by Crippen LogP contribution is -2.37. The van der Waals surface area contributed by atoms with Gasteiger partial charge >= 0.3 is 6.03 Å². The van der Waals surface area contributed by atoms with Gasteiger partial charge < -0.3 is 15.5 Å². The van der Waals surface area contributed by atoms with E-state index < -0.39 is 0 Å². The molecule has 0 saturated heterocycles. The second-order valence-electron chi connectivity index (χ2n) is 2.89. The van der Waals surface area contributed by atoms with Crippen molar-refractivity contribution < 1.29 is 4.79 Å². The first-order valence-electron chi connectivity index (χ1n) is 4.28. The Morgan fingerprint density at radius 1 is 1.57 bits per heavy atom. The van der Waals surface area contributed by atoms with Crippen LogP contribution < -0.4 is 10.6 Å². The zero-order valence-electron chi connectivity index (χ0n) is 8.28. The molecule has 0 saturated carbocycles. The third kappa shape index (κ3) is 3.61. The molecule has 0 aliphatic heterocycles. The zero-order valence-corrected chi connectivity index (χ0v) is 9.10. The van der Waals surface area contributed by atoms with Crippen molar-refractivity contribution in [3.63, 3.8) is 0 Å². The van der Waals surface area contributed by atoms with Gasteiger partial charge in [-0.2, -0.15) is 0 Å². The van der Waals surface area contributed by atoms with Crippen LogP contribution in [0.5, 0.6) is 0 Å². The van der Waals surface area contributed by atoms with Gasteiger partial charge in [0.15, 0.2) is 5.13 Å². The number of anilines is 1. The summed E-state index contributed by atoms with van der Waals surface area (Å²) in [7, 11) is 3.42. The van der Waals surface area contributed by atoms with Crippen molar-refractivity contribution in [1.29, 1.82) is 0 Å². The summed E-state index contributed by atoms with van der Waals surface area (Å²) < 4.78 is 0. The van der Waals surface area contributed by atoms with E-state index in [0.717, 1.165) is 5.13 Å². The number of carbonyl (C=O) groups excluding carboxylic acids is 1. The summed E-state index contributed by atoms with van der Waals surface area (Å²) in [6.07, 6.45) is 1.74. The van der Waals surface area contributed by atoms with E-state index in [1.807, 2.05) is 5.38 Å². The maximum absolute atomic E-state index is 11.1. The summed E-state index contributed by atoms with van der Waals surface area (Å²) in [5.74, 6) is 0. The largest absolute Gasteiger partial charge is 0.360 e. The minimum atomic E-state index is -0.0778. The predicted molar refractivity (Wildman–Crippen MR) is 57.7 cm³/mol. The first-order chi connectivity index (χ1) is 6.70. The van der Waals surface area contributed by atoms with E-state index in [9.17, 15) is 4.79 Å². The number of rotatable bonds is 4. The average molecular weight is 214 g/mol. The van der Waals surface area contributed by atoms with Crippen LogP contribution in [-0.2, 0) is 0 Å². The molecule has 2 N–H and O–H groups in total. The van der Waals surface area contributed by atoms with Gasteiger partial charge in [-0.25, -0.2) is 9.78 Å². The molecule has 1 rings (SSSR count). The monoisotopic (exact) mass is 214 g/mol. The molecule has 1 aromatic rings. The molecule has 0 bridgehead atoms. The van der Waals surface area contributed by atoms with E-state index in [1.165, 1.54) is 4.90 Å². The molecule has 6 heteroatoms. The van der Waals surface area contributed by atoms with Crippen LogP contribution in [0.1, 0.15) is 0 Å². The van der Waals surface area contributed by atoms with Crippen molar-refractivity contribution in [3.8, 4) is 0 Å². The Bertz CT molecular complexity index is 273. The molecule has 2 amide bonds. The van der Waals surface area contributed by atoms with E-state index in [4.69, 9.17) is 0 Å². The van der Waals surface area contributed by atoms with E-state index in [2.05, 4.69) is 15.6 Å². The number of nitrogens with one attached hydrogen (secondary N) is 2. The predicted octanol–water partition coefficient (Wildman–Crippen LogP) is 0.826. The molecule has 14 heavy (non-hydrogen) atoms. The normalized spacial score (nSPS) is 9.57. The van der Waals surface area contributed by atoms with Crippen molar-refractivity contribution in [2.75, 3.05) is 32.5 Å². The maximum atomic E-state index is 11.1. The smallest absolute Gasteiger partial charge is 0.316 e. The van der Waals surface area contributed by atoms with Crippen LogP contribution in [0, 0.1) is 0 Å². The van der Waals surface area contributed by atoms with E-state index in [-0.39, 0.29) is 6.03 Å². The second-order valence-corrected chi connectivity index (χ2v) is 3.78. The Morgan fingerprint density at radius 3 is 2.93 bits per heavy atom. The van der Waals surface area contributed by atoms with Crippen LogP contribution >= 0.6 is 11.3 Å². The summed E-state index contributed by atoms with van der Waals surface area (Å²) in [5.41, 5.74) is 0. The summed E-state index contributed by atoms with van der Waals surface area (Å²) in [4.78, 5) is 16.6. The van der Waals surface area contributed by atoms with Gasteiger partial charge in [-0.3, -0.25) is 0 Å². The Labute approximate surface area is 87.1 Å². The van der Waals surface area contributed by atoms with Crippen molar-refractivity contribution >= 4 is 22.5 Å². The van der Waals surface area contributed by atoms with Crippen LogP contribution in [0.4, 0.5) is 9.93 Å². The van der Waals surface area contributed by atoms with Gasteiger partial charge in [-0.15, -0.1) is 11.3 Å². The van der Waals surface area contributed by atoms with E-state index >= 15 is 0 Å². The van der Waals surface area contributed by atoms with Crippen LogP contribution in [0.2, 0.25) is 0 Å². The maximum Gasteiger partial charge on any atom is 0.316 e. The topological polar surface area (TPSA) is 57.3 Å². The molecule has 0 aliphatic rings. The first-order valence-corrected chi connectivity index (χ1v) is 5.16. The second kappa shape index (κ2) is 5.43. The number of nitrogens with zero attached hydrogens (tertiary/aromatic N) is 2. The van der Waals surface area contributed by atoms with Crippen LogP contribution in [0.25, 0.3) is 0 Å². The summed E-state index contributed by atoms with van der Waals surface area (Å²) >= 11 is 1.54. The fourth-order valence-corrected chi connectivity index (χ4v) is 1.37. The number of urea groups is 1. The number of hydrogen-bond acceptors (Lipinski definition) is 4. The molecule has 78 valence electrons. The minimum absolute atomic E-state index is 0.0778. The van der Waals surface area contributed by atoms with Crippen LogP contribution in [0.15, 0.2) is 11.6 Å². The van der Waals surface area contributed by atoms with Gasteiger partial charge in [0.05, 0.1) is 0 Å². The molecular formula is C8H14N4OS. The molecule has 0 radical (unpaired) electrons. The van der Waals surface area contributed by atoms with Crippen molar-refractivity contribution in [3.05, 3.63) is 11.6 Å². The third-order valence-electron chi connectivity index (χ3n) is 1.52. The highest BCUT2D eigenvalue weighted by molar-refractivity contribution is 7.13. The highest BCUT2D eigenvalue weighted by Crippen LogP contribution is 2.08. The minimum Gasteiger partial charge on any atom is -0.360 e. The average Bonchev–Trinajstić information content (AvgIpc) is 2.64. The highest BCUT2D eigenvalue weighted by atomic mass is 32.1. The number of carbonyl (C=O) groups is 1. The Kier molecular flexibility index (Phi) is 4.18. The lowest BCUT2D eigenvalue weighted by molar-refractivity contribution is 0.218. The molecule has 0 spiro atoms. The molecule has 0 unspecified atom stereocenters. The Balaban J connectivity index is 2.08. The van der Waals surface area contributed by atoms with Gasteiger partial charge in [0, 0.05) is 38.8 Å². The molecule has 0 atom stereocenters. The standard InChI is InChI=1S/C8H14N4OS/c1-12(2)8(13)11-4-3-9-7-10-5-6-14-7/h5-6H,3-4H2,1-2H3,(H,9,10)(H,11,13). The number of hydrogen-bond donors (Lipinski definition) is 2. The lowest BCUT2D eigenvalue weighted by atomic mass is 10.6. The molecular weight excluding hydrogens is 200 g/mol. The lowest BCUT2D eigenvalue weighted by Gasteiger charge is -2.11. The molecule has 1 aromatic heterocycles. The van der Waals surface area contributed by atoms with E-state index in [0.29, 0.717) is 13.1 Å². The third-order valence-corrected chi connectivity index (χ3v) is 2.25. The summed E-state index contributed by atoms with van der Waals surface area (Å²) in [5, 5.41) is 8.62. The number of thiazole rings is 1.